The highest BCUT2D eigenvalue weighted by atomic mass is 16.2. The number of nitrogens with one attached hydrogen (secondary N) is 1. The van der Waals surface area contributed by atoms with Crippen LogP contribution >= 0.6 is 0 Å². The van der Waals surface area contributed by atoms with Crippen molar-refractivity contribution in [1.29, 1.82) is 0 Å². The molecule has 1 saturated heterocycles. The Bertz CT molecular complexity index is 500. The molecule has 1 aromatic heterocycles. The van der Waals surface area contributed by atoms with Crippen LogP contribution in [0.2, 0.25) is 0 Å². The largest absolute Gasteiger partial charge is 0.331 e. The van der Waals surface area contributed by atoms with E-state index in [1.165, 1.54) is 11.3 Å². The third-order valence-corrected chi connectivity index (χ3v) is 4.37. The lowest BCUT2D eigenvalue weighted by atomic mass is 10.0. The molecule has 0 aliphatic carbocycles. The molecule has 1 aromatic rings. The van der Waals surface area contributed by atoms with Gasteiger partial charge in [0.05, 0.1) is 5.69 Å². The molecule has 0 saturated carbocycles. The Kier molecular flexibility index (Phi) is 4.88. The van der Waals surface area contributed by atoms with Gasteiger partial charge in [-0.05, 0) is 26.7 Å². The highest BCUT2D eigenvalue weighted by Crippen LogP contribution is 2.15. The second kappa shape index (κ2) is 6.47. The van der Waals surface area contributed by atoms with Gasteiger partial charge in [-0.25, -0.2) is 4.79 Å². The van der Waals surface area contributed by atoms with Crippen molar-refractivity contribution in [3.8, 4) is 0 Å². The third-order valence-electron chi connectivity index (χ3n) is 4.37. The van der Waals surface area contributed by atoms with Gasteiger partial charge in [0.25, 0.3) is 0 Å². The van der Waals surface area contributed by atoms with Crippen LogP contribution in [0.1, 0.15) is 29.8 Å². The van der Waals surface area contributed by atoms with Crippen molar-refractivity contribution in [1.82, 2.24) is 24.9 Å². The smallest absolute Gasteiger partial charge is 0.319 e. The van der Waals surface area contributed by atoms with Crippen molar-refractivity contribution < 1.29 is 4.79 Å². The van der Waals surface area contributed by atoms with Gasteiger partial charge in [-0.1, -0.05) is 0 Å². The normalized spacial score (nSPS) is 16.3. The minimum atomic E-state index is 0.118. The molecular weight excluding hydrogens is 266 g/mol. The molecule has 1 N–H and O–H groups in total. The van der Waals surface area contributed by atoms with Crippen LogP contribution in [0, 0.1) is 13.8 Å². The molecule has 0 spiro atoms. The maximum absolute atomic E-state index is 11.9. The number of amides is 2. The Hall–Kier alpha value is -1.56. The summed E-state index contributed by atoms with van der Waals surface area (Å²) in [6.07, 6.45) is 2.02. The number of likely N-dealkylation sites (tertiary alicyclic amines) is 1. The van der Waals surface area contributed by atoms with Crippen LogP contribution in [0.4, 0.5) is 4.79 Å². The summed E-state index contributed by atoms with van der Waals surface area (Å²) in [4.78, 5) is 15.5. The minimum Gasteiger partial charge on any atom is -0.331 e. The second-order valence-corrected chi connectivity index (χ2v) is 6.09. The number of urea groups is 1. The van der Waals surface area contributed by atoms with Crippen LogP contribution < -0.4 is 5.32 Å². The molecule has 0 radical (unpaired) electrons. The number of nitrogens with zero attached hydrogens (tertiary/aromatic N) is 4. The summed E-state index contributed by atoms with van der Waals surface area (Å²) in [6.45, 7) is 6.69. The lowest BCUT2D eigenvalue weighted by Crippen LogP contribution is -2.47. The quantitative estimate of drug-likeness (QED) is 0.913. The summed E-state index contributed by atoms with van der Waals surface area (Å²) < 4.78 is 1.94. The van der Waals surface area contributed by atoms with E-state index in [2.05, 4.69) is 24.3 Å². The van der Waals surface area contributed by atoms with Gasteiger partial charge in [0.2, 0.25) is 0 Å². The van der Waals surface area contributed by atoms with E-state index in [1.807, 2.05) is 16.6 Å². The average molecular weight is 293 g/mol. The van der Waals surface area contributed by atoms with Gasteiger partial charge in [-0.15, -0.1) is 0 Å². The first kappa shape index (κ1) is 15.8. The van der Waals surface area contributed by atoms with Gasteiger partial charge < -0.3 is 15.1 Å². The zero-order valence-corrected chi connectivity index (χ0v) is 13.8. The topological polar surface area (TPSA) is 53.4 Å². The van der Waals surface area contributed by atoms with Gasteiger partial charge in [-0.3, -0.25) is 4.68 Å². The zero-order chi connectivity index (χ0) is 15.6. The number of rotatable bonds is 3. The fraction of sp³-hybridized carbons (Fsp3) is 0.733. The zero-order valence-electron chi connectivity index (χ0n) is 13.8. The van der Waals surface area contributed by atoms with E-state index in [9.17, 15) is 4.79 Å². The van der Waals surface area contributed by atoms with Crippen molar-refractivity contribution >= 4 is 6.03 Å². The highest BCUT2D eigenvalue weighted by Gasteiger charge is 2.23. The van der Waals surface area contributed by atoms with E-state index in [1.54, 1.807) is 19.0 Å². The van der Waals surface area contributed by atoms with E-state index < -0.39 is 0 Å². The highest BCUT2D eigenvalue weighted by molar-refractivity contribution is 5.73. The molecule has 2 amide bonds. The van der Waals surface area contributed by atoms with Gasteiger partial charge in [0, 0.05) is 58.1 Å². The van der Waals surface area contributed by atoms with Gasteiger partial charge in [0.1, 0.15) is 0 Å². The van der Waals surface area contributed by atoms with E-state index in [-0.39, 0.29) is 6.03 Å². The number of carbonyl (C=O) groups excluding carboxylic acids is 1. The van der Waals surface area contributed by atoms with E-state index in [4.69, 9.17) is 0 Å². The van der Waals surface area contributed by atoms with Gasteiger partial charge in [-0.2, -0.15) is 5.10 Å². The molecule has 2 rings (SSSR count). The number of carbonyl (C=O) groups is 1. The van der Waals surface area contributed by atoms with E-state index in [0.717, 1.165) is 38.2 Å². The number of hydrogen-bond donors (Lipinski definition) is 1. The maximum atomic E-state index is 11.9. The van der Waals surface area contributed by atoms with Crippen molar-refractivity contribution in [3.63, 3.8) is 0 Å². The fourth-order valence-corrected chi connectivity index (χ4v) is 2.88. The fourth-order valence-electron chi connectivity index (χ4n) is 2.88. The minimum absolute atomic E-state index is 0.118. The number of hydrogen-bond acceptors (Lipinski definition) is 3. The summed E-state index contributed by atoms with van der Waals surface area (Å²) in [5.41, 5.74) is 3.62. The number of piperidine rings is 1. The predicted octanol–water partition coefficient (Wildman–Crippen LogP) is 1.27. The summed E-state index contributed by atoms with van der Waals surface area (Å²) in [6, 6.07) is 0.600. The first-order valence-electron chi connectivity index (χ1n) is 7.58. The van der Waals surface area contributed by atoms with Crippen LogP contribution in [-0.2, 0) is 13.6 Å². The Morgan fingerprint density at radius 2 is 1.95 bits per heavy atom. The van der Waals surface area contributed by atoms with Crippen LogP contribution in [0.25, 0.3) is 0 Å². The summed E-state index contributed by atoms with van der Waals surface area (Å²) in [5, 5.41) is 8.06. The molecule has 1 aliphatic rings. The van der Waals surface area contributed by atoms with Crippen molar-refractivity contribution in [3.05, 3.63) is 17.0 Å². The predicted molar refractivity (Wildman–Crippen MR) is 83.2 cm³/mol. The van der Waals surface area contributed by atoms with E-state index >= 15 is 0 Å². The van der Waals surface area contributed by atoms with Crippen molar-refractivity contribution in [2.24, 2.45) is 7.05 Å². The molecule has 0 aromatic carbocycles. The van der Waals surface area contributed by atoms with Crippen molar-refractivity contribution in [2.45, 2.75) is 39.3 Å². The van der Waals surface area contributed by atoms with Crippen LogP contribution in [0.15, 0.2) is 0 Å². The maximum Gasteiger partial charge on any atom is 0.319 e. The van der Waals surface area contributed by atoms with Crippen LogP contribution in [0.3, 0.4) is 0 Å². The molecule has 21 heavy (non-hydrogen) atoms. The number of aryl methyl sites for hydroxylation is 2. The first-order chi connectivity index (χ1) is 9.90. The van der Waals surface area contributed by atoms with Crippen LogP contribution in [-0.4, -0.2) is 58.8 Å². The Balaban J connectivity index is 1.83. The van der Waals surface area contributed by atoms with Crippen molar-refractivity contribution in [2.75, 3.05) is 27.2 Å². The van der Waals surface area contributed by atoms with Gasteiger partial charge in [0.15, 0.2) is 0 Å². The standard InChI is InChI=1S/C15H27N5O/c1-11-14(12(2)19(5)17-11)10-16-13-6-8-20(9-7-13)15(21)18(3)4/h13,16H,6-10H2,1-5H3. The molecule has 0 bridgehead atoms. The molecular formula is C15H27N5O. The molecule has 6 nitrogen and oxygen atoms in total. The Labute approximate surface area is 127 Å². The third kappa shape index (κ3) is 3.56. The Morgan fingerprint density at radius 3 is 2.43 bits per heavy atom. The monoisotopic (exact) mass is 293 g/mol. The SMILES string of the molecule is Cc1nn(C)c(C)c1CNC1CCN(C(=O)N(C)C)CC1. The lowest BCUT2D eigenvalue weighted by molar-refractivity contribution is 0.152. The molecule has 0 unspecified atom stereocenters. The average Bonchev–Trinajstić information content (AvgIpc) is 2.70. The summed E-state index contributed by atoms with van der Waals surface area (Å²) in [7, 11) is 5.60. The molecule has 2 heterocycles. The molecule has 118 valence electrons. The first-order valence-corrected chi connectivity index (χ1v) is 7.58. The van der Waals surface area contributed by atoms with Gasteiger partial charge >= 0.3 is 6.03 Å². The molecule has 0 atom stereocenters. The van der Waals surface area contributed by atoms with Crippen LogP contribution in [0.5, 0.6) is 0 Å². The molecule has 6 heteroatoms. The second-order valence-electron chi connectivity index (χ2n) is 6.09. The lowest BCUT2D eigenvalue weighted by Gasteiger charge is -2.34. The summed E-state index contributed by atoms with van der Waals surface area (Å²) >= 11 is 0. The summed E-state index contributed by atoms with van der Waals surface area (Å²) in [5.74, 6) is 0. The Morgan fingerprint density at radius 1 is 1.33 bits per heavy atom. The van der Waals surface area contributed by atoms with E-state index in [0.29, 0.717) is 6.04 Å². The molecule has 1 aliphatic heterocycles. The number of aromatic nitrogens is 2. The molecule has 1 fully saturated rings.